The molecule has 1 N–H and O–H groups in total. The van der Waals surface area contributed by atoms with Crippen LogP contribution in [0.4, 0.5) is 5.69 Å². The number of nitrogens with one attached hydrogen (secondary N) is 1. The van der Waals surface area contributed by atoms with E-state index in [9.17, 15) is 0 Å². The molecule has 0 unspecified atom stereocenters. The summed E-state index contributed by atoms with van der Waals surface area (Å²) in [5.74, 6) is 1.02. The number of piperidine rings is 1. The van der Waals surface area contributed by atoms with Gasteiger partial charge in [0.25, 0.3) is 0 Å². The summed E-state index contributed by atoms with van der Waals surface area (Å²) >= 11 is 0. The van der Waals surface area contributed by atoms with Gasteiger partial charge in [-0.05, 0) is 44.7 Å². The van der Waals surface area contributed by atoms with Crippen molar-refractivity contribution in [1.82, 2.24) is 4.90 Å². The number of benzene rings is 1. The fraction of sp³-hybridized carbons (Fsp3) is 0.625. The molecule has 1 saturated heterocycles. The largest absolute Gasteiger partial charge is 0.490 e. The van der Waals surface area contributed by atoms with Crippen LogP contribution >= 0.6 is 0 Å². The van der Waals surface area contributed by atoms with Crippen LogP contribution in [0.15, 0.2) is 18.2 Å². The Labute approximate surface area is 115 Å². The summed E-state index contributed by atoms with van der Waals surface area (Å²) in [6.45, 7) is 7.92. The fourth-order valence-electron chi connectivity index (χ4n) is 3.05. The van der Waals surface area contributed by atoms with E-state index in [0.717, 1.165) is 44.6 Å². The molecule has 0 aromatic heterocycles. The first-order valence-corrected chi connectivity index (χ1v) is 7.50. The van der Waals surface area contributed by atoms with Crippen molar-refractivity contribution in [3.63, 3.8) is 0 Å². The first-order chi connectivity index (χ1) is 9.22. The molecule has 0 saturated carbocycles. The van der Waals surface area contributed by atoms with Crippen LogP contribution in [0.1, 0.15) is 32.3 Å². The molecule has 1 fully saturated rings. The number of hydrogen-bond acceptors (Lipinski definition) is 3. The third kappa shape index (κ3) is 2.86. The minimum Gasteiger partial charge on any atom is -0.490 e. The normalized spacial score (nSPS) is 20.4. The van der Waals surface area contributed by atoms with Gasteiger partial charge in [0.05, 0.1) is 0 Å². The molecule has 0 spiro atoms. The Morgan fingerprint density at radius 1 is 1.26 bits per heavy atom. The summed E-state index contributed by atoms with van der Waals surface area (Å²) in [6.07, 6.45) is 3.81. The van der Waals surface area contributed by atoms with Gasteiger partial charge in [-0.25, -0.2) is 0 Å². The molecule has 2 heterocycles. The predicted octanol–water partition coefficient (Wildman–Crippen LogP) is 2.91. The van der Waals surface area contributed by atoms with Crippen molar-refractivity contribution in [3.8, 4) is 5.75 Å². The van der Waals surface area contributed by atoms with Crippen LogP contribution in [0, 0.1) is 0 Å². The van der Waals surface area contributed by atoms with Crippen LogP contribution in [-0.4, -0.2) is 36.7 Å². The van der Waals surface area contributed by atoms with Gasteiger partial charge in [-0.1, -0.05) is 6.07 Å². The minimum absolute atomic E-state index is 0.384. The Balaban J connectivity index is 1.58. The topological polar surface area (TPSA) is 24.5 Å². The standard InChI is InChI=1S/C16H24N2O/c1-12(2)18-9-6-14(7-10-18)19-15-4-3-13-5-8-17-16(13)11-15/h3-4,11-12,14,17H,5-10H2,1-2H3. The van der Waals surface area contributed by atoms with Crippen molar-refractivity contribution in [3.05, 3.63) is 23.8 Å². The highest BCUT2D eigenvalue weighted by atomic mass is 16.5. The van der Waals surface area contributed by atoms with Crippen molar-refractivity contribution in [2.24, 2.45) is 0 Å². The molecule has 19 heavy (non-hydrogen) atoms. The van der Waals surface area contributed by atoms with Crippen LogP contribution in [0.2, 0.25) is 0 Å². The van der Waals surface area contributed by atoms with Gasteiger partial charge in [-0.3, -0.25) is 0 Å². The van der Waals surface area contributed by atoms with E-state index in [1.54, 1.807) is 0 Å². The minimum atomic E-state index is 0.384. The smallest absolute Gasteiger partial charge is 0.121 e. The molecule has 0 bridgehead atoms. The summed E-state index contributed by atoms with van der Waals surface area (Å²) in [5, 5.41) is 3.41. The van der Waals surface area contributed by atoms with Gasteiger partial charge in [0.15, 0.2) is 0 Å². The molecule has 0 amide bonds. The average Bonchev–Trinajstić information content (AvgIpc) is 2.87. The predicted molar refractivity (Wildman–Crippen MR) is 79.0 cm³/mol. The van der Waals surface area contributed by atoms with E-state index in [0.29, 0.717) is 12.1 Å². The fourth-order valence-corrected chi connectivity index (χ4v) is 3.05. The number of likely N-dealkylation sites (tertiary alicyclic amines) is 1. The Bertz CT molecular complexity index is 436. The van der Waals surface area contributed by atoms with Gasteiger partial charge < -0.3 is 15.0 Å². The maximum Gasteiger partial charge on any atom is 0.121 e. The molecule has 1 aromatic carbocycles. The van der Waals surface area contributed by atoms with Gasteiger partial charge >= 0.3 is 0 Å². The zero-order valence-corrected chi connectivity index (χ0v) is 12.0. The molecule has 2 aliphatic heterocycles. The summed E-state index contributed by atoms with van der Waals surface area (Å²) < 4.78 is 6.14. The van der Waals surface area contributed by atoms with E-state index in [-0.39, 0.29) is 0 Å². The van der Waals surface area contributed by atoms with Crippen LogP contribution < -0.4 is 10.1 Å². The highest BCUT2D eigenvalue weighted by Crippen LogP contribution is 2.28. The van der Waals surface area contributed by atoms with Crippen LogP contribution in [0.3, 0.4) is 0 Å². The molecule has 0 aliphatic carbocycles. The number of rotatable bonds is 3. The maximum absolute atomic E-state index is 6.14. The highest BCUT2D eigenvalue weighted by Gasteiger charge is 2.22. The maximum atomic E-state index is 6.14. The SMILES string of the molecule is CC(C)N1CCC(Oc2ccc3c(c2)NCC3)CC1. The van der Waals surface area contributed by atoms with E-state index in [1.807, 2.05) is 0 Å². The number of nitrogens with zero attached hydrogens (tertiary/aromatic N) is 1. The number of ether oxygens (including phenoxy) is 1. The molecular weight excluding hydrogens is 236 g/mol. The van der Waals surface area contributed by atoms with Crippen molar-refractivity contribution in [2.75, 3.05) is 25.0 Å². The summed E-state index contributed by atoms with van der Waals surface area (Å²) in [5.41, 5.74) is 2.68. The molecular formula is C16H24N2O. The lowest BCUT2D eigenvalue weighted by molar-refractivity contribution is 0.0843. The molecule has 3 heteroatoms. The van der Waals surface area contributed by atoms with Gasteiger partial charge in [-0.15, -0.1) is 0 Å². The Hall–Kier alpha value is -1.22. The van der Waals surface area contributed by atoms with E-state index in [4.69, 9.17) is 4.74 Å². The lowest BCUT2D eigenvalue weighted by atomic mass is 10.1. The third-order valence-electron chi connectivity index (χ3n) is 4.30. The van der Waals surface area contributed by atoms with Gasteiger partial charge in [0.2, 0.25) is 0 Å². The second-order valence-corrected chi connectivity index (χ2v) is 5.94. The quantitative estimate of drug-likeness (QED) is 0.904. The third-order valence-corrected chi connectivity index (χ3v) is 4.30. The molecule has 2 aliphatic rings. The van der Waals surface area contributed by atoms with Crippen LogP contribution in [-0.2, 0) is 6.42 Å². The summed E-state index contributed by atoms with van der Waals surface area (Å²) in [4.78, 5) is 2.53. The number of anilines is 1. The molecule has 104 valence electrons. The van der Waals surface area contributed by atoms with E-state index in [2.05, 4.69) is 42.3 Å². The van der Waals surface area contributed by atoms with Gasteiger partial charge in [0, 0.05) is 37.4 Å². The number of fused-ring (bicyclic) bond motifs is 1. The summed E-state index contributed by atoms with van der Waals surface area (Å²) in [7, 11) is 0. The zero-order valence-electron chi connectivity index (χ0n) is 12.0. The van der Waals surface area contributed by atoms with Gasteiger partial charge in [0.1, 0.15) is 11.9 Å². The lowest BCUT2D eigenvalue weighted by Crippen LogP contribution is -2.41. The highest BCUT2D eigenvalue weighted by molar-refractivity contribution is 5.58. The van der Waals surface area contributed by atoms with E-state index < -0.39 is 0 Å². The Kier molecular flexibility index (Phi) is 3.65. The second kappa shape index (κ2) is 5.41. The van der Waals surface area contributed by atoms with E-state index >= 15 is 0 Å². The molecule has 3 nitrogen and oxygen atoms in total. The van der Waals surface area contributed by atoms with Crippen molar-refractivity contribution in [1.29, 1.82) is 0 Å². The monoisotopic (exact) mass is 260 g/mol. The molecule has 3 rings (SSSR count). The van der Waals surface area contributed by atoms with Crippen molar-refractivity contribution >= 4 is 5.69 Å². The van der Waals surface area contributed by atoms with Crippen LogP contribution in [0.5, 0.6) is 5.75 Å². The first-order valence-electron chi connectivity index (χ1n) is 7.50. The molecule has 1 aromatic rings. The van der Waals surface area contributed by atoms with E-state index in [1.165, 1.54) is 11.3 Å². The zero-order chi connectivity index (χ0) is 13.2. The van der Waals surface area contributed by atoms with Crippen molar-refractivity contribution in [2.45, 2.75) is 45.3 Å². The average molecular weight is 260 g/mol. The van der Waals surface area contributed by atoms with Gasteiger partial charge in [-0.2, -0.15) is 0 Å². The Morgan fingerprint density at radius 3 is 2.79 bits per heavy atom. The molecule has 0 radical (unpaired) electrons. The number of hydrogen-bond donors (Lipinski definition) is 1. The van der Waals surface area contributed by atoms with Crippen molar-refractivity contribution < 1.29 is 4.74 Å². The molecule has 0 atom stereocenters. The lowest BCUT2D eigenvalue weighted by Gasteiger charge is -2.34. The van der Waals surface area contributed by atoms with Crippen LogP contribution in [0.25, 0.3) is 0 Å². The first kappa shape index (κ1) is 12.8. The summed E-state index contributed by atoms with van der Waals surface area (Å²) in [6, 6.07) is 7.15. The Morgan fingerprint density at radius 2 is 2.05 bits per heavy atom. The second-order valence-electron chi connectivity index (χ2n) is 5.94.